The summed E-state index contributed by atoms with van der Waals surface area (Å²) < 4.78 is 0. The van der Waals surface area contributed by atoms with Crippen LogP contribution in [0.1, 0.15) is 63.1 Å². The minimum absolute atomic E-state index is 0.211. The number of hydrogen-bond acceptors (Lipinski definition) is 1. The third-order valence-corrected chi connectivity index (χ3v) is 4.51. The Labute approximate surface area is 112 Å². The van der Waals surface area contributed by atoms with Gasteiger partial charge in [-0.25, -0.2) is 0 Å². The van der Waals surface area contributed by atoms with Gasteiger partial charge >= 0.3 is 0 Å². The van der Waals surface area contributed by atoms with Crippen molar-refractivity contribution in [1.82, 2.24) is 0 Å². The molecule has 2 rings (SSSR count). The summed E-state index contributed by atoms with van der Waals surface area (Å²) in [5, 5.41) is 0. The smallest absolute Gasteiger partial charge is 0.0352 e. The SMILES string of the molecule is Cc1ccc(C(N)C2(CC(C)C)CCCC2)cc1. The minimum Gasteiger partial charge on any atom is -0.323 e. The molecule has 1 atom stereocenters. The van der Waals surface area contributed by atoms with E-state index in [0.29, 0.717) is 5.41 Å². The van der Waals surface area contributed by atoms with E-state index in [1.165, 1.54) is 43.2 Å². The van der Waals surface area contributed by atoms with Crippen LogP contribution in [0.25, 0.3) is 0 Å². The lowest BCUT2D eigenvalue weighted by Gasteiger charge is -2.37. The number of rotatable bonds is 4. The molecule has 2 N–H and O–H groups in total. The zero-order valence-corrected chi connectivity index (χ0v) is 12.1. The van der Waals surface area contributed by atoms with Gasteiger partial charge in [-0.1, -0.05) is 56.5 Å². The minimum atomic E-state index is 0.211. The second-order valence-electron chi connectivity index (χ2n) is 6.56. The van der Waals surface area contributed by atoms with Gasteiger partial charge in [0.15, 0.2) is 0 Å². The summed E-state index contributed by atoms with van der Waals surface area (Å²) in [4.78, 5) is 0. The molecule has 0 radical (unpaired) electrons. The quantitative estimate of drug-likeness (QED) is 0.824. The van der Waals surface area contributed by atoms with Crippen LogP contribution in [0.15, 0.2) is 24.3 Å². The summed E-state index contributed by atoms with van der Waals surface area (Å²) in [6.45, 7) is 6.78. The maximum atomic E-state index is 6.63. The van der Waals surface area contributed by atoms with Crippen LogP contribution in [0.2, 0.25) is 0 Å². The Balaban J connectivity index is 2.22. The summed E-state index contributed by atoms with van der Waals surface area (Å²) in [5.74, 6) is 0.736. The van der Waals surface area contributed by atoms with Crippen LogP contribution in [0, 0.1) is 18.3 Å². The van der Waals surface area contributed by atoms with Gasteiger partial charge in [-0.2, -0.15) is 0 Å². The van der Waals surface area contributed by atoms with Gasteiger partial charge in [-0.05, 0) is 43.1 Å². The molecule has 0 spiro atoms. The highest BCUT2D eigenvalue weighted by atomic mass is 14.7. The third kappa shape index (κ3) is 2.77. The Bertz CT molecular complexity index is 371. The first kappa shape index (κ1) is 13.6. The topological polar surface area (TPSA) is 26.0 Å². The molecule has 18 heavy (non-hydrogen) atoms. The highest BCUT2D eigenvalue weighted by molar-refractivity contribution is 5.26. The molecule has 1 unspecified atom stereocenters. The summed E-state index contributed by atoms with van der Waals surface area (Å²) in [5.41, 5.74) is 9.62. The Morgan fingerprint density at radius 1 is 1.11 bits per heavy atom. The van der Waals surface area contributed by atoms with Crippen LogP contribution >= 0.6 is 0 Å². The largest absolute Gasteiger partial charge is 0.323 e. The fourth-order valence-electron chi connectivity index (χ4n) is 3.66. The van der Waals surface area contributed by atoms with Gasteiger partial charge in [0.2, 0.25) is 0 Å². The lowest BCUT2D eigenvalue weighted by atomic mass is 9.71. The normalized spacial score (nSPS) is 20.3. The summed E-state index contributed by atoms with van der Waals surface area (Å²) in [6, 6.07) is 9.03. The number of benzene rings is 1. The van der Waals surface area contributed by atoms with Crippen molar-refractivity contribution >= 4 is 0 Å². The van der Waals surface area contributed by atoms with Crippen molar-refractivity contribution in [2.75, 3.05) is 0 Å². The zero-order chi connectivity index (χ0) is 13.2. The zero-order valence-electron chi connectivity index (χ0n) is 12.1. The Morgan fingerprint density at radius 3 is 2.17 bits per heavy atom. The molecule has 0 aromatic heterocycles. The van der Waals surface area contributed by atoms with Gasteiger partial charge in [-0.3, -0.25) is 0 Å². The summed E-state index contributed by atoms with van der Waals surface area (Å²) in [7, 11) is 0. The van der Waals surface area contributed by atoms with Crippen molar-refractivity contribution in [3.63, 3.8) is 0 Å². The fraction of sp³-hybridized carbons (Fsp3) is 0.647. The predicted octanol–water partition coefficient (Wildman–Crippen LogP) is 4.60. The molecule has 1 fully saturated rings. The van der Waals surface area contributed by atoms with Crippen molar-refractivity contribution in [2.45, 2.75) is 58.9 Å². The van der Waals surface area contributed by atoms with Crippen LogP contribution in [-0.4, -0.2) is 0 Å². The molecular weight excluding hydrogens is 218 g/mol. The molecule has 1 aromatic carbocycles. The van der Waals surface area contributed by atoms with E-state index < -0.39 is 0 Å². The highest BCUT2D eigenvalue weighted by Gasteiger charge is 2.40. The first-order chi connectivity index (χ1) is 8.53. The van der Waals surface area contributed by atoms with E-state index in [0.717, 1.165) is 5.92 Å². The molecule has 0 saturated heterocycles. The second kappa shape index (κ2) is 5.44. The molecule has 1 aliphatic rings. The molecule has 1 nitrogen and oxygen atoms in total. The van der Waals surface area contributed by atoms with Crippen molar-refractivity contribution in [3.05, 3.63) is 35.4 Å². The average molecular weight is 245 g/mol. The predicted molar refractivity (Wildman–Crippen MR) is 78.5 cm³/mol. The average Bonchev–Trinajstić information content (AvgIpc) is 2.78. The van der Waals surface area contributed by atoms with Gasteiger partial charge < -0.3 is 5.73 Å². The van der Waals surface area contributed by atoms with Crippen LogP contribution < -0.4 is 5.73 Å². The van der Waals surface area contributed by atoms with Gasteiger partial charge in [-0.15, -0.1) is 0 Å². The number of hydrogen-bond donors (Lipinski definition) is 1. The lowest BCUT2D eigenvalue weighted by Crippen LogP contribution is -2.33. The van der Waals surface area contributed by atoms with Crippen LogP contribution in [-0.2, 0) is 0 Å². The maximum Gasteiger partial charge on any atom is 0.0352 e. The molecule has 100 valence electrons. The van der Waals surface area contributed by atoms with Crippen molar-refractivity contribution < 1.29 is 0 Å². The van der Waals surface area contributed by atoms with E-state index >= 15 is 0 Å². The Kier molecular flexibility index (Phi) is 4.11. The van der Waals surface area contributed by atoms with E-state index in [9.17, 15) is 0 Å². The highest BCUT2D eigenvalue weighted by Crippen LogP contribution is 2.50. The molecule has 0 aliphatic heterocycles. The van der Waals surface area contributed by atoms with Crippen molar-refractivity contribution in [2.24, 2.45) is 17.1 Å². The third-order valence-electron chi connectivity index (χ3n) is 4.51. The molecule has 1 heteroatoms. The standard InChI is InChI=1S/C17H27N/c1-13(2)12-17(10-4-5-11-17)16(18)15-8-6-14(3)7-9-15/h6-9,13,16H,4-5,10-12,18H2,1-3H3. The summed E-state index contributed by atoms with van der Waals surface area (Å²) >= 11 is 0. The Hall–Kier alpha value is -0.820. The van der Waals surface area contributed by atoms with E-state index in [1.54, 1.807) is 0 Å². The van der Waals surface area contributed by atoms with Gasteiger partial charge in [0.05, 0.1) is 0 Å². The Morgan fingerprint density at radius 2 is 1.67 bits per heavy atom. The van der Waals surface area contributed by atoms with Crippen molar-refractivity contribution in [3.8, 4) is 0 Å². The lowest BCUT2D eigenvalue weighted by molar-refractivity contribution is 0.183. The van der Waals surface area contributed by atoms with Gasteiger partial charge in [0, 0.05) is 6.04 Å². The van der Waals surface area contributed by atoms with Crippen molar-refractivity contribution in [1.29, 1.82) is 0 Å². The first-order valence-corrected chi connectivity index (χ1v) is 7.36. The second-order valence-corrected chi connectivity index (χ2v) is 6.56. The summed E-state index contributed by atoms with van der Waals surface area (Å²) in [6.07, 6.45) is 6.58. The van der Waals surface area contributed by atoms with E-state index in [1.807, 2.05) is 0 Å². The molecular formula is C17H27N. The van der Waals surface area contributed by atoms with E-state index in [-0.39, 0.29) is 6.04 Å². The molecule has 0 heterocycles. The molecule has 0 amide bonds. The monoisotopic (exact) mass is 245 g/mol. The molecule has 1 saturated carbocycles. The van der Waals surface area contributed by atoms with Crippen LogP contribution in [0.3, 0.4) is 0 Å². The van der Waals surface area contributed by atoms with Crippen LogP contribution in [0.5, 0.6) is 0 Å². The number of aryl methyl sites for hydroxylation is 1. The fourth-order valence-corrected chi connectivity index (χ4v) is 3.66. The molecule has 1 aromatic rings. The van der Waals surface area contributed by atoms with E-state index in [4.69, 9.17) is 5.73 Å². The molecule has 0 bridgehead atoms. The number of nitrogens with two attached hydrogens (primary N) is 1. The van der Waals surface area contributed by atoms with Crippen LogP contribution in [0.4, 0.5) is 0 Å². The first-order valence-electron chi connectivity index (χ1n) is 7.36. The maximum absolute atomic E-state index is 6.63. The van der Waals surface area contributed by atoms with Gasteiger partial charge in [0.25, 0.3) is 0 Å². The van der Waals surface area contributed by atoms with E-state index in [2.05, 4.69) is 45.0 Å². The van der Waals surface area contributed by atoms with Gasteiger partial charge in [0.1, 0.15) is 0 Å². The molecule has 1 aliphatic carbocycles.